The molecule has 7 heteroatoms. The molecule has 6 nitrogen and oxygen atoms in total. The molecule has 0 aliphatic rings. The van der Waals surface area contributed by atoms with Crippen LogP contribution in [0.15, 0.2) is 18.2 Å². The number of halogens is 1. The van der Waals surface area contributed by atoms with Crippen molar-refractivity contribution in [2.24, 2.45) is 5.73 Å². The van der Waals surface area contributed by atoms with Crippen molar-refractivity contribution in [1.82, 2.24) is 5.32 Å². The summed E-state index contributed by atoms with van der Waals surface area (Å²) in [5.41, 5.74) is 4.73. The number of nitrogens with one attached hydrogen (secondary N) is 1. The molecule has 1 aromatic carbocycles. The summed E-state index contributed by atoms with van der Waals surface area (Å²) >= 11 is 0. The summed E-state index contributed by atoms with van der Waals surface area (Å²) in [6.07, 6.45) is 0.596. The molecule has 0 aliphatic carbocycles. The van der Waals surface area contributed by atoms with Crippen LogP contribution in [0.2, 0.25) is 0 Å². The van der Waals surface area contributed by atoms with Crippen LogP contribution in [0.5, 0.6) is 0 Å². The number of benzene rings is 1. The molecule has 98 valence electrons. The van der Waals surface area contributed by atoms with Crippen molar-refractivity contribution >= 4 is 11.6 Å². The number of nitro benzene ring substituents is 1. The lowest BCUT2D eigenvalue weighted by molar-refractivity contribution is -0.384. The van der Waals surface area contributed by atoms with Gasteiger partial charge in [0.25, 0.3) is 11.6 Å². The highest BCUT2D eigenvalue weighted by atomic mass is 19.1. The highest BCUT2D eigenvalue weighted by Gasteiger charge is 2.18. The molecule has 0 saturated heterocycles. The zero-order valence-electron chi connectivity index (χ0n) is 9.85. The lowest BCUT2D eigenvalue weighted by Gasteiger charge is -2.14. The Kier molecular flexibility index (Phi) is 4.73. The van der Waals surface area contributed by atoms with E-state index in [1.807, 2.05) is 6.92 Å². The van der Waals surface area contributed by atoms with Crippen molar-refractivity contribution in [1.29, 1.82) is 0 Å². The van der Waals surface area contributed by atoms with Crippen molar-refractivity contribution in [2.45, 2.75) is 19.4 Å². The number of rotatable bonds is 5. The molecule has 1 rings (SSSR count). The van der Waals surface area contributed by atoms with Gasteiger partial charge in [0.15, 0.2) is 0 Å². The van der Waals surface area contributed by atoms with E-state index in [0.717, 1.165) is 18.2 Å². The summed E-state index contributed by atoms with van der Waals surface area (Å²) in [5.74, 6) is -1.50. The smallest absolute Gasteiger partial charge is 0.270 e. The van der Waals surface area contributed by atoms with Crippen LogP contribution in [0, 0.1) is 15.9 Å². The number of hydrogen-bond donors (Lipinski definition) is 2. The standard InChI is InChI=1S/C11H14FN3O3/c1-2-7(6-13)14-11(16)9-5-8(15(17)18)3-4-10(9)12/h3-5,7H,2,6,13H2,1H3,(H,14,16). The minimum absolute atomic E-state index is 0.221. The van der Waals surface area contributed by atoms with Gasteiger partial charge in [0.05, 0.1) is 10.5 Å². The van der Waals surface area contributed by atoms with Crippen LogP contribution in [-0.2, 0) is 0 Å². The van der Waals surface area contributed by atoms with Gasteiger partial charge in [-0.25, -0.2) is 4.39 Å². The zero-order valence-corrected chi connectivity index (χ0v) is 9.85. The molecule has 0 saturated carbocycles. The number of carbonyl (C=O) groups is 1. The molecule has 0 fully saturated rings. The van der Waals surface area contributed by atoms with Crippen LogP contribution in [-0.4, -0.2) is 23.4 Å². The number of nitrogens with two attached hydrogens (primary N) is 1. The van der Waals surface area contributed by atoms with Crippen LogP contribution >= 0.6 is 0 Å². The van der Waals surface area contributed by atoms with Crippen molar-refractivity contribution in [3.05, 3.63) is 39.7 Å². The van der Waals surface area contributed by atoms with E-state index in [1.165, 1.54) is 0 Å². The molecule has 0 aromatic heterocycles. The van der Waals surface area contributed by atoms with Gasteiger partial charge in [0.2, 0.25) is 0 Å². The first-order valence-corrected chi connectivity index (χ1v) is 5.44. The topological polar surface area (TPSA) is 98.3 Å². The van der Waals surface area contributed by atoms with Crippen LogP contribution in [0.3, 0.4) is 0 Å². The van der Waals surface area contributed by atoms with Gasteiger partial charge in [0, 0.05) is 24.7 Å². The Balaban J connectivity index is 2.97. The Morgan fingerprint density at radius 1 is 1.61 bits per heavy atom. The van der Waals surface area contributed by atoms with E-state index in [1.54, 1.807) is 0 Å². The maximum atomic E-state index is 13.4. The maximum Gasteiger partial charge on any atom is 0.270 e. The molecule has 0 spiro atoms. The van der Waals surface area contributed by atoms with Gasteiger partial charge < -0.3 is 11.1 Å². The van der Waals surface area contributed by atoms with Gasteiger partial charge in [-0.1, -0.05) is 6.92 Å². The van der Waals surface area contributed by atoms with Gasteiger partial charge in [-0.3, -0.25) is 14.9 Å². The molecule has 1 unspecified atom stereocenters. The van der Waals surface area contributed by atoms with E-state index >= 15 is 0 Å². The SMILES string of the molecule is CCC(CN)NC(=O)c1cc([N+](=O)[O-])ccc1F. The van der Waals surface area contributed by atoms with Crippen molar-refractivity contribution in [2.75, 3.05) is 6.54 Å². The lowest BCUT2D eigenvalue weighted by atomic mass is 10.1. The van der Waals surface area contributed by atoms with Crippen molar-refractivity contribution in [3.63, 3.8) is 0 Å². The first-order chi connectivity index (χ1) is 8.49. The third kappa shape index (κ3) is 3.24. The van der Waals surface area contributed by atoms with Crippen LogP contribution in [0.1, 0.15) is 23.7 Å². The van der Waals surface area contributed by atoms with E-state index in [-0.39, 0.29) is 23.8 Å². The number of nitrogens with zero attached hydrogens (tertiary/aromatic N) is 1. The van der Waals surface area contributed by atoms with Crippen LogP contribution in [0.4, 0.5) is 10.1 Å². The summed E-state index contributed by atoms with van der Waals surface area (Å²) in [4.78, 5) is 21.6. The second-order valence-corrected chi connectivity index (χ2v) is 3.74. The summed E-state index contributed by atoms with van der Waals surface area (Å²) in [5, 5.41) is 13.1. The fourth-order valence-corrected chi connectivity index (χ4v) is 1.39. The van der Waals surface area contributed by atoms with Gasteiger partial charge in [-0.05, 0) is 12.5 Å². The van der Waals surface area contributed by atoms with Gasteiger partial charge in [0.1, 0.15) is 5.82 Å². The predicted molar refractivity (Wildman–Crippen MR) is 63.7 cm³/mol. The fourth-order valence-electron chi connectivity index (χ4n) is 1.39. The molecule has 1 atom stereocenters. The summed E-state index contributed by atoms with van der Waals surface area (Å²) in [6, 6.07) is 2.53. The number of carbonyl (C=O) groups excluding carboxylic acids is 1. The Morgan fingerprint density at radius 2 is 2.28 bits per heavy atom. The van der Waals surface area contributed by atoms with Crippen LogP contribution in [0.25, 0.3) is 0 Å². The van der Waals surface area contributed by atoms with Gasteiger partial charge in [-0.2, -0.15) is 0 Å². The molecule has 3 N–H and O–H groups in total. The third-order valence-corrected chi connectivity index (χ3v) is 2.52. The number of hydrogen-bond acceptors (Lipinski definition) is 4. The lowest BCUT2D eigenvalue weighted by Crippen LogP contribution is -2.40. The fraction of sp³-hybridized carbons (Fsp3) is 0.364. The van der Waals surface area contributed by atoms with Crippen molar-refractivity contribution in [3.8, 4) is 0 Å². The molecule has 1 amide bonds. The summed E-state index contributed by atoms with van der Waals surface area (Å²) in [6.45, 7) is 2.04. The number of amides is 1. The van der Waals surface area contributed by atoms with E-state index < -0.39 is 16.6 Å². The summed E-state index contributed by atoms with van der Waals surface area (Å²) < 4.78 is 13.4. The van der Waals surface area contributed by atoms with E-state index in [4.69, 9.17) is 5.73 Å². The third-order valence-electron chi connectivity index (χ3n) is 2.52. The highest BCUT2D eigenvalue weighted by Crippen LogP contribution is 2.16. The molecule has 0 aliphatic heterocycles. The molecular formula is C11H14FN3O3. The first kappa shape index (κ1) is 14.0. The average molecular weight is 255 g/mol. The number of non-ortho nitro benzene ring substituents is 1. The van der Waals surface area contributed by atoms with Gasteiger partial charge >= 0.3 is 0 Å². The molecular weight excluding hydrogens is 241 g/mol. The highest BCUT2D eigenvalue weighted by molar-refractivity contribution is 5.95. The normalized spacial score (nSPS) is 11.9. The summed E-state index contributed by atoms with van der Waals surface area (Å²) in [7, 11) is 0. The largest absolute Gasteiger partial charge is 0.348 e. The molecule has 0 radical (unpaired) electrons. The Bertz CT molecular complexity index is 461. The minimum atomic E-state index is -0.801. The first-order valence-electron chi connectivity index (χ1n) is 5.44. The van der Waals surface area contributed by atoms with E-state index in [0.29, 0.717) is 6.42 Å². The molecule has 1 aromatic rings. The van der Waals surface area contributed by atoms with E-state index in [9.17, 15) is 19.3 Å². The number of nitro groups is 1. The average Bonchev–Trinajstić information content (AvgIpc) is 2.35. The van der Waals surface area contributed by atoms with Gasteiger partial charge in [-0.15, -0.1) is 0 Å². The predicted octanol–water partition coefficient (Wildman–Crippen LogP) is 1.20. The Labute approximate surface area is 103 Å². The molecule has 18 heavy (non-hydrogen) atoms. The maximum absolute atomic E-state index is 13.4. The molecule has 0 heterocycles. The van der Waals surface area contributed by atoms with E-state index in [2.05, 4.69) is 5.32 Å². The second-order valence-electron chi connectivity index (χ2n) is 3.74. The van der Waals surface area contributed by atoms with Crippen LogP contribution < -0.4 is 11.1 Å². The zero-order chi connectivity index (χ0) is 13.7. The second kappa shape index (κ2) is 6.06. The monoisotopic (exact) mass is 255 g/mol. The van der Waals surface area contributed by atoms with Crippen molar-refractivity contribution < 1.29 is 14.1 Å². The Morgan fingerprint density at radius 3 is 2.78 bits per heavy atom. The molecule has 0 bridgehead atoms. The minimum Gasteiger partial charge on any atom is -0.348 e. The quantitative estimate of drug-likeness (QED) is 0.610. The Hall–Kier alpha value is -2.02.